The SMILES string of the molecule is CC(C)C(=O)Nc1ccc(C(=O)Oc2cc(C(N)=O)ccc2[N+](=O)[O-])cc1. The number of esters is 1. The van der Waals surface area contributed by atoms with Crippen LogP contribution < -0.4 is 15.8 Å². The zero-order valence-corrected chi connectivity index (χ0v) is 14.6. The van der Waals surface area contributed by atoms with E-state index in [1.807, 2.05) is 0 Å². The van der Waals surface area contributed by atoms with Crippen molar-refractivity contribution in [3.8, 4) is 5.75 Å². The number of carbonyl (C=O) groups excluding carboxylic acids is 3. The van der Waals surface area contributed by atoms with E-state index in [-0.39, 0.29) is 23.0 Å². The Labute approximate surface area is 154 Å². The molecular formula is C18H17N3O6. The molecule has 9 nitrogen and oxygen atoms in total. The second-order valence-electron chi connectivity index (χ2n) is 5.91. The number of nitro benzene ring substituents is 1. The molecule has 3 N–H and O–H groups in total. The van der Waals surface area contributed by atoms with Crippen molar-refractivity contribution in [3.63, 3.8) is 0 Å². The number of ether oxygens (including phenoxy) is 1. The van der Waals surface area contributed by atoms with Crippen LogP contribution in [-0.4, -0.2) is 22.7 Å². The Bertz CT molecular complexity index is 906. The van der Waals surface area contributed by atoms with Gasteiger partial charge in [-0.05, 0) is 30.3 Å². The van der Waals surface area contributed by atoms with Gasteiger partial charge in [0.1, 0.15) is 0 Å². The number of nitrogens with zero attached hydrogens (tertiary/aromatic N) is 1. The van der Waals surface area contributed by atoms with E-state index in [4.69, 9.17) is 10.5 Å². The van der Waals surface area contributed by atoms with Crippen LogP contribution in [0.4, 0.5) is 11.4 Å². The van der Waals surface area contributed by atoms with Crippen LogP contribution in [0.2, 0.25) is 0 Å². The molecule has 0 radical (unpaired) electrons. The molecular weight excluding hydrogens is 354 g/mol. The summed E-state index contributed by atoms with van der Waals surface area (Å²) in [4.78, 5) is 45.5. The summed E-state index contributed by atoms with van der Waals surface area (Å²) in [6.45, 7) is 3.49. The Morgan fingerprint density at radius 2 is 1.67 bits per heavy atom. The molecule has 2 aromatic carbocycles. The predicted molar refractivity (Wildman–Crippen MR) is 96.5 cm³/mol. The number of rotatable bonds is 6. The second-order valence-corrected chi connectivity index (χ2v) is 5.91. The maximum absolute atomic E-state index is 12.3. The zero-order chi connectivity index (χ0) is 20.1. The van der Waals surface area contributed by atoms with Gasteiger partial charge in [0.2, 0.25) is 17.6 Å². The average Bonchev–Trinajstić information content (AvgIpc) is 2.61. The fourth-order valence-electron chi connectivity index (χ4n) is 2.04. The first-order valence-electron chi connectivity index (χ1n) is 7.90. The largest absolute Gasteiger partial charge is 0.416 e. The van der Waals surface area contributed by atoms with Crippen LogP contribution >= 0.6 is 0 Å². The Hall–Kier alpha value is -3.75. The zero-order valence-electron chi connectivity index (χ0n) is 14.6. The molecule has 0 atom stereocenters. The van der Waals surface area contributed by atoms with Crippen molar-refractivity contribution in [2.75, 3.05) is 5.32 Å². The van der Waals surface area contributed by atoms with Gasteiger partial charge in [-0.2, -0.15) is 0 Å². The standard InChI is InChI=1S/C18H17N3O6/c1-10(2)17(23)20-13-6-3-11(4-7-13)18(24)27-15-9-12(16(19)22)5-8-14(15)21(25)26/h3-10H,1-2H3,(H2,19,22)(H,20,23). The van der Waals surface area contributed by atoms with E-state index in [2.05, 4.69) is 5.32 Å². The molecule has 2 amide bonds. The molecule has 0 aliphatic carbocycles. The van der Waals surface area contributed by atoms with Gasteiger partial charge in [0.05, 0.1) is 10.5 Å². The number of hydrogen-bond acceptors (Lipinski definition) is 6. The van der Waals surface area contributed by atoms with Crippen LogP contribution in [0.1, 0.15) is 34.6 Å². The number of carbonyl (C=O) groups is 3. The molecule has 0 spiro atoms. The number of nitrogens with two attached hydrogens (primary N) is 1. The van der Waals surface area contributed by atoms with E-state index < -0.39 is 28.2 Å². The second kappa shape index (κ2) is 8.09. The lowest BCUT2D eigenvalue weighted by Crippen LogP contribution is -2.18. The van der Waals surface area contributed by atoms with Crippen molar-refractivity contribution in [3.05, 3.63) is 63.7 Å². The third-order valence-corrected chi connectivity index (χ3v) is 3.56. The Morgan fingerprint density at radius 3 is 2.19 bits per heavy atom. The molecule has 9 heteroatoms. The lowest BCUT2D eigenvalue weighted by atomic mass is 10.1. The van der Waals surface area contributed by atoms with Crippen LogP contribution in [0, 0.1) is 16.0 Å². The minimum absolute atomic E-state index is 0.0323. The highest BCUT2D eigenvalue weighted by atomic mass is 16.6. The fourth-order valence-corrected chi connectivity index (χ4v) is 2.04. The van der Waals surface area contributed by atoms with E-state index >= 15 is 0 Å². The predicted octanol–water partition coefficient (Wildman–Crippen LogP) is 2.51. The summed E-state index contributed by atoms with van der Waals surface area (Å²) < 4.78 is 5.07. The normalized spacial score (nSPS) is 10.3. The Balaban J connectivity index is 2.22. The van der Waals surface area contributed by atoms with Gasteiger partial charge in [0.15, 0.2) is 0 Å². The first-order valence-corrected chi connectivity index (χ1v) is 7.90. The minimum atomic E-state index is -0.860. The number of nitro groups is 1. The van der Waals surface area contributed by atoms with Crippen LogP contribution in [0.5, 0.6) is 5.75 Å². The third-order valence-electron chi connectivity index (χ3n) is 3.56. The molecule has 0 unspecified atom stereocenters. The average molecular weight is 371 g/mol. The van der Waals surface area contributed by atoms with E-state index in [1.165, 1.54) is 30.3 Å². The van der Waals surface area contributed by atoms with Crippen molar-refractivity contribution in [1.82, 2.24) is 0 Å². The highest BCUT2D eigenvalue weighted by Gasteiger charge is 2.21. The summed E-state index contributed by atoms with van der Waals surface area (Å²) in [7, 11) is 0. The van der Waals surface area contributed by atoms with Gasteiger partial charge in [-0.1, -0.05) is 13.8 Å². The summed E-state index contributed by atoms with van der Waals surface area (Å²) in [5.41, 5.74) is 5.23. The van der Waals surface area contributed by atoms with Crippen LogP contribution in [0.3, 0.4) is 0 Å². The lowest BCUT2D eigenvalue weighted by molar-refractivity contribution is -0.385. The number of anilines is 1. The van der Waals surface area contributed by atoms with Gasteiger partial charge < -0.3 is 15.8 Å². The van der Waals surface area contributed by atoms with E-state index in [0.717, 1.165) is 12.1 Å². The van der Waals surface area contributed by atoms with Gasteiger partial charge in [0, 0.05) is 29.3 Å². The lowest BCUT2D eigenvalue weighted by Gasteiger charge is -2.09. The van der Waals surface area contributed by atoms with Gasteiger partial charge in [-0.25, -0.2) is 4.79 Å². The topological polar surface area (TPSA) is 142 Å². The summed E-state index contributed by atoms with van der Waals surface area (Å²) in [6.07, 6.45) is 0. The molecule has 0 fully saturated rings. The van der Waals surface area contributed by atoms with Crippen LogP contribution in [0.25, 0.3) is 0 Å². The molecule has 0 aliphatic heterocycles. The van der Waals surface area contributed by atoms with E-state index in [0.29, 0.717) is 5.69 Å². The smallest absolute Gasteiger partial charge is 0.343 e. The molecule has 0 heterocycles. The third kappa shape index (κ3) is 4.88. The molecule has 0 aromatic heterocycles. The number of benzene rings is 2. The fraction of sp³-hybridized carbons (Fsp3) is 0.167. The first kappa shape index (κ1) is 19.6. The summed E-state index contributed by atoms with van der Waals surface area (Å²) in [5, 5.41) is 13.8. The molecule has 2 rings (SSSR count). The maximum atomic E-state index is 12.3. The van der Waals surface area contributed by atoms with Crippen molar-refractivity contribution in [1.29, 1.82) is 0 Å². The van der Waals surface area contributed by atoms with Gasteiger partial charge >= 0.3 is 11.7 Å². The molecule has 2 aromatic rings. The monoisotopic (exact) mass is 371 g/mol. The summed E-state index contributed by atoms with van der Waals surface area (Å²) in [6, 6.07) is 9.06. The molecule has 0 bridgehead atoms. The quantitative estimate of drug-likeness (QED) is 0.346. The van der Waals surface area contributed by atoms with Crippen molar-refractivity contribution in [2.45, 2.75) is 13.8 Å². The first-order chi connectivity index (χ1) is 12.7. The van der Waals surface area contributed by atoms with Crippen molar-refractivity contribution < 1.29 is 24.0 Å². The molecule has 0 saturated heterocycles. The summed E-state index contributed by atoms with van der Waals surface area (Å²) >= 11 is 0. The number of amides is 2. The number of nitrogens with one attached hydrogen (secondary N) is 1. The highest BCUT2D eigenvalue weighted by Crippen LogP contribution is 2.28. The summed E-state index contributed by atoms with van der Waals surface area (Å²) in [5.74, 6) is -2.44. The molecule has 0 saturated carbocycles. The Morgan fingerprint density at radius 1 is 1.07 bits per heavy atom. The Kier molecular flexibility index (Phi) is 5.86. The molecule has 27 heavy (non-hydrogen) atoms. The van der Waals surface area contributed by atoms with Gasteiger partial charge in [-0.3, -0.25) is 19.7 Å². The number of hydrogen-bond donors (Lipinski definition) is 2. The van der Waals surface area contributed by atoms with Crippen LogP contribution in [-0.2, 0) is 4.79 Å². The van der Waals surface area contributed by atoms with Gasteiger partial charge in [0.25, 0.3) is 0 Å². The number of primary amides is 1. The van der Waals surface area contributed by atoms with Crippen LogP contribution in [0.15, 0.2) is 42.5 Å². The molecule has 140 valence electrons. The maximum Gasteiger partial charge on any atom is 0.343 e. The minimum Gasteiger partial charge on any atom is -0.416 e. The van der Waals surface area contributed by atoms with E-state index in [1.54, 1.807) is 13.8 Å². The van der Waals surface area contributed by atoms with Crippen molar-refractivity contribution in [2.24, 2.45) is 11.7 Å². The van der Waals surface area contributed by atoms with Gasteiger partial charge in [-0.15, -0.1) is 0 Å². The molecule has 0 aliphatic rings. The van der Waals surface area contributed by atoms with Crippen molar-refractivity contribution >= 4 is 29.2 Å². The highest BCUT2D eigenvalue weighted by molar-refractivity contribution is 5.96. The van der Waals surface area contributed by atoms with E-state index in [9.17, 15) is 24.5 Å².